The summed E-state index contributed by atoms with van der Waals surface area (Å²) < 4.78 is 4.79. The number of hydrogen-bond donors (Lipinski definition) is 3. The average Bonchev–Trinajstić information content (AvgIpc) is 2.27. The molecule has 5 nitrogen and oxygen atoms in total. The van der Waals surface area contributed by atoms with E-state index in [1.165, 1.54) is 7.11 Å². The molecule has 0 aliphatic carbocycles. The van der Waals surface area contributed by atoms with Crippen molar-refractivity contribution in [2.75, 3.05) is 31.3 Å². The summed E-state index contributed by atoms with van der Waals surface area (Å²) in [5.41, 5.74) is 7.44. The molecular weight excluding hydrogens is 206 g/mol. The zero-order valence-corrected chi connectivity index (χ0v) is 9.10. The molecule has 1 unspecified atom stereocenters. The van der Waals surface area contributed by atoms with Crippen molar-refractivity contribution in [2.24, 2.45) is 0 Å². The first-order chi connectivity index (χ1) is 7.67. The average molecular weight is 221 g/mol. The van der Waals surface area contributed by atoms with Crippen LogP contribution in [0.25, 0.3) is 0 Å². The van der Waals surface area contributed by atoms with E-state index in [0.29, 0.717) is 23.5 Å². The predicted octanol–water partition coefficient (Wildman–Crippen LogP) is 0.560. The molecule has 0 aliphatic rings. The molecule has 0 amide bonds. The minimum absolute atomic E-state index is 0.267. The topological polar surface area (TPSA) is 91.3 Å². The van der Waals surface area contributed by atoms with Crippen molar-refractivity contribution in [2.45, 2.75) is 6.10 Å². The Kier molecular flexibility index (Phi) is 4.58. The van der Waals surface area contributed by atoms with Gasteiger partial charge in [0.25, 0.3) is 0 Å². The van der Waals surface area contributed by atoms with Gasteiger partial charge in [-0.1, -0.05) is 0 Å². The summed E-state index contributed by atoms with van der Waals surface area (Å²) in [6.07, 6.45) is -0.583. The molecule has 1 aromatic rings. The highest BCUT2D eigenvalue weighted by Gasteiger charge is 2.05. The maximum absolute atomic E-state index is 9.42. The molecule has 16 heavy (non-hydrogen) atoms. The van der Waals surface area contributed by atoms with Crippen molar-refractivity contribution in [3.63, 3.8) is 0 Å². The van der Waals surface area contributed by atoms with Gasteiger partial charge in [0, 0.05) is 13.7 Å². The third-order valence-corrected chi connectivity index (χ3v) is 2.07. The van der Waals surface area contributed by atoms with Crippen molar-refractivity contribution < 1.29 is 9.84 Å². The van der Waals surface area contributed by atoms with Crippen LogP contribution in [0, 0.1) is 11.3 Å². The number of nitrogens with one attached hydrogen (secondary N) is 1. The van der Waals surface area contributed by atoms with E-state index in [2.05, 4.69) is 5.32 Å². The van der Waals surface area contributed by atoms with E-state index < -0.39 is 6.10 Å². The second-order valence-electron chi connectivity index (χ2n) is 3.40. The molecule has 0 fully saturated rings. The summed E-state index contributed by atoms with van der Waals surface area (Å²) in [4.78, 5) is 0. The fraction of sp³-hybridized carbons (Fsp3) is 0.364. The minimum atomic E-state index is -0.583. The molecule has 1 atom stereocenters. The summed E-state index contributed by atoms with van der Waals surface area (Å²) >= 11 is 0. The number of nitrogen functional groups attached to an aromatic ring is 1. The second kappa shape index (κ2) is 5.95. The minimum Gasteiger partial charge on any atom is -0.397 e. The number of nitriles is 1. The summed E-state index contributed by atoms with van der Waals surface area (Å²) in [6.45, 7) is 0.618. The Labute approximate surface area is 94.4 Å². The number of methoxy groups -OCH3 is 1. The first kappa shape index (κ1) is 12.3. The Balaban J connectivity index is 2.58. The smallest absolute Gasteiger partial charge is 0.0992 e. The molecule has 0 heterocycles. The number of nitrogens with zero attached hydrogens (tertiary/aromatic N) is 1. The largest absolute Gasteiger partial charge is 0.397 e. The zero-order chi connectivity index (χ0) is 12.0. The van der Waals surface area contributed by atoms with E-state index in [9.17, 15) is 5.11 Å². The third kappa shape index (κ3) is 3.42. The van der Waals surface area contributed by atoms with E-state index in [4.69, 9.17) is 15.7 Å². The van der Waals surface area contributed by atoms with Crippen LogP contribution < -0.4 is 11.1 Å². The van der Waals surface area contributed by atoms with Crippen molar-refractivity contribution in [3.05, 3.63) is 23.8 Å². The van der Waals surface area contributed by atoms with Crippen LogP contribution in [-0.2, 0) is 4.74 Å². The summed E-state index contributed by atoms with van der Waals surface area (Å²) in [5.74, 6) is 0. The number of ether oxygens (including phenoxy) is 1. The van der Waals surface area contributed by atoms with Gasteiger partial charge in [-0.2, -0.15) is 5.26 Å². The van der Waals surface area contributed by atoms with E-state index in [-0.39, 0.29) is 6.61 Å². The lowest BCUT2D eigenvalue weighted by molar-refractivity contribution is 0.0728. The SMILES string of the molecule is COCC(O)CNc1ccc(C#N)cc1N. The molecule has 5 heteroatoms. The highest BCUT2D eigenvalue weighted by Crippen LogP contribution is 2.19. The van der Waals surface area contributed by atoms with Crippen LogP contribution in [0.15, 0.2) is 18.2 Å². The fourth-order valence-electron chi connectivity index (χ4n) is 1.27. The van der Waals surface area contributed by atoms with E-state index in [0.717, 1.165) is 0 Å². The number of aliphatic hydroxyl groups excluding tert-OH is 1. The summed E-state index contributed by atoms with van der Waals surface area (Å²) in [7, 11) is 1.53. The zero-order valence-electron chi connectivity index (χ0n) is 9.10. The number of aliphatic hydroxyl groups is 1. The Morgan fingerprint density at radius 2 is 2.38 bits per heavy atom. The number of rotatable bonds is 5. The number of benzene rings is 1. The maximum atomic E-state index is 9.42. The highest BCUT2D eigenvalue weighted by molar-refractivity contribution is 5.68. The fourth-order valence-corrected chi connectivity index (χ4v) is 1.27. The molecule has 0 bridgehead atoms. The van der Waals surface area contributed by atoms with Crippen molar-refractivity contribution in [1.82, 2.24) is 0 Å². The summed E-state index contributed by atoms with van der Waals surface area (Å²) in [6, 6.07) is 6.98. The molecule has 0 saturated carbocycles. The lowest BCUT2D eigenvalue weighted by Gasteiger charge is -2.13. The van der Waals surface area contributed by atoms with Crippen LogP contribution in [0.5, 0.6) is 0 Å². The molecule has 0 radical (unpaired) electrons. The first-order valence-electron chi connectivity index (χ1n) is 4.88. The normalized spacial score (nSPS) is 11.8. The molecule has 1 aromatic carbocycles. The van der Waals surface area contributed by atoms with Gasteiger partial charge in [-0.3, -0.25) is 0 Å². The lowest BCUT2D eigenvalue weighted by atomic mass is 10.2. The number of hydrogen-bond acceptors (Lipinski definition) is 5. The van der Waals surface area contributed by atoms with Gasteiger partial charge in [0.1, 0.15) is 0 Å². The van der Waals surface area contributed by atoms with Crippen LogP contribution in [0.4, 0.5) is 11.4 Å². The molecule has 0 aromatic heterocycles. The van der Waals surface area contributed by atoms with Gasteiger partial charge in [-0.25, -0.2) is 0 Å². The molecule has 0 spiro atoms. The standard InChI is InChI=1S/C11H15N3O2/c1-16-7-9(15)6-14-11-3-2-8(5-12)4-10(11)13/h2-4,9,14-15H,6-7,13H2,1H3. The molecule has 86 valence electrons. The quantitative estimate of drug-likeness (QED) is 0.632. The maximum Gasteiger partial charge on any atom is 0.0992 e. The van der Waals surface area contributed by atoms with Crippen LogP contribution in [0.3, 0.4) is 0 Å². The van der Waals surface area contributed by atoms with Crippen molar-refractivity contribution in [3.8, 4) is 6.07 Å². The molecule has 0 aliphatic heterocycles. The van der Waals surface area contributed by atoms with Gasteiger partial charge in [-0.15, -0.1) is 0 Å². The van der Waals surface area contributed by atoms with Gasteiger partial charge >= 0.3 is 0 Å². The van der Waals surface area contributed by atoms with E-state index >= 15 is 0 Å². The van der Waals surface area contributed by atoms with Crippen LogP contribution in [0.2, 0.25) is 0 Å². The van der Waals surface area contributed by atoms with Gasteiger partial charge in [-0.05, 0) is 18.2 Å². The number of anilines is 2. The van der Waals surface area contributed by atoms with Crippen LogP contribution in [-0.4, -0.2) is 31.5 Å². The molecule has 0 saturated heterocycles. The molecule has 1 rings (SSSR count). The summed E-state index contributed by atoms with van der Waals surface area (Å²) in [5, 5.41) is 21.1. The predicted molar refractivity (Wildman–Crippen MR) is 61.9 cm³/mol. The monoisotopic (exact) mass is 221 g/mol. The number of nitrogens with two attached hydrogens (primary N) is 1. The molecular formula is C11H15N3O2. The highest BCUT2D eigenvalue weighted by atomic mass is 16.5. The first-order valence-corrected chi connectivity index (χ1v) is 4.88. The third-order valence-electron chi connectivity index (χ3n) is 2.07. The van der Waals surface area contributed by atoms with Gasteiger partial charge in [0.05, 0.1) is 35.7 Å². The van der Waals surface area contributed by atoms with Gasteiger partial charge < -0.3 is 20.9 Å². The Hall–Kier alpha value is -1.77. The van der Waals surface area contributed by atoms with Gasteiger partial charge in [0.2, 0.25) is 0 Å². The van der Waals surface area contributed by atoms with Crippen LogP contribution >= 0.6 is 0 Å². The Morgan fingerprint density at radius 3 is 2.94 bits per heavy atom. The van der Waals surface area contributed by atoms with Crippen molar-refractivity contribution in [1.29, 1.82) is 5.26 Å². The van der Waals surface area contributed by atoms with E-state index in [1.54, 1.807) is 18.2 Å². The van der Waals surface area contributed by atoms with Crippen molar-refractivity contribution >= 4 is 11.4 Å². The second-order valence-corrected chi connectivity index (χ2v) is 3.40. The Bertz CT molecular complexity index is 387. The van der Waals surface area contributed by atoms with Gasteiger partial charge in [0.15, 0.2) is 0 Å². The lowest BCUT2D eigenvalue weighted by Crippen LogP contribution is -2.24. The molecule has 4 N–H and O–H groups in total. The Morgan fingerprint density at radius 1 is 1.62 bits per heavy atom. The van der Waals surface area contributed by atoms with Crippen LogP contribution in [0.1, 0.15) is 5.56 Å². The van der Waals surface area contributed by atoms with E-state index in [1.807, 2.05) is 6.07 Å².